The summed E-state index contributed by atoms with van der Waals surface area (Å²) in [4.78, 5) is 0. The van der Waals surface area contributed by atoms with Crippen LogP contribution in [-0.4, -0.2) is 25.4 Å². The molecule has 0 aromatic rings. The fraction of sp³-hybridized carbons (Fsp3) is 1.00. The van der Waals surface area contributed by atoms with E-state index in [2.05, 4.69) is 41.5 Å². The number of hydrogen-bond acceptors (Lipinski definition) is 2. The highest BCUT2D eigenvalue weighted by Gasteiger charge is 2.16. The van der Waals surface area contributed by atoms with Crippen molar-refractivity contribution >= 4 is 11.6 Å². The zero-order valence-electron chi connectivity index (χ0n) is 19.3. The maximum absolute atomic E-state index is 6.13. The van der Waals surface area contributed by atoms with Crippen LogP contribution in [0, 0.1) is 23.7 Å². The van der Waals surface area contributed by atoms with Crippen molar-refractivity contribution in [3.8, 4) is 0 Å². The van der Waals surface area contributed by atoms with Crippen LogP contribution in [0.4, 0.5) is 0 Å². The molecule has 27 heavy (non-hydrogen) atoms. The maximum Gasteiger partial charge on any atom is 0.146 e. The van der Waals surface area contributed by atoms with E-state index >= 15 is 0 Å². The Kier molecular flexibility index (Phi) is 18.4. The van der Waals surface area contributed by atoms with Gasteiger partial charge in [-0.3, -0.25) is 0 Å². The number of hydrogen-bond donors (Lipinski definition) is 0. The fourth-order valence-corrected chi connectivity index (χ4v) is 4.67. The summed E-state index contributed by atoms with van der Waals surface area (Å²) < 4.78 is 11.1. The first-order valence-electron chi connectivity index (χ1n) is 11.6. The summed E-state index contributed by atoms with van der Waals surface area (Å²) >= 11 is 6.13. The lowest BCUT2D eigenvalue weighted by Gasteiger charge is -2.23. The van der Waals surface area contributed by atoms with Crippen molar-refractivity contribution in [2.24, 2.45) is 23.7 Å². The van der Waals surface area contributed by atoms with Gasteiger partial charge in [-0.05, 0) is 75.5 Å². The van der Waals surface area contributed by atoms with Crippen LogP contribution in [0.25, 0.3) is 0 Å². The molecule has 0 aliphatic rings. The molecular formula is C24H49ClO2. The molecule has 2 nitrogen and oxygen atoms in total. The third kappa shape index (κ3) is 19.3. The van der Waals surface area contributed by atoms with Crippen molar-refractivity contribution in [3.63, 3.8) is 0 Å². The van der Waals surface area contributed by atoms with E-state index < -0.39 is 0 Å². The second-order valence-corrected chi connectivity index (χ2v) is 10.0. The lowest BCUT2D eigenvalue weighted by atomic mass is 9.84. The van der Waals surface area contributed by atoms with Gasteiger partial charge in [-0.25, -0.2) is 0 Å². The lowest BCUT2D eigenvalue weighted by Crippen LogP contribution is -2.12. The number of rotatable bonds is 19. The molecule has 0 bridgehead atoms. The highest BCUT2D eigenvalue weighted by atomic mass is 35.5. The molecule has 0 heterocycles. The Labute approximate surface area is 176 Å². The van der Waals surface area contributed by atoms with Gasteiger partial charge in [-0.1, -0.05) is 53.9 Å². The summed E-state index contributed by atoms with van der Waals surface area (Å²) in [6, 6.07) is 0. The second kappa shape index (κ2) is 18.3. The first-order valence-corrected chi connectivity index (χ1v) is 12.1. The molecule has 0 amide bonds. The predicted molar refractivity (Wildman–Crippen MR) is 121 cm³/mol. The Hall–Kier alpha value is 0.210. The van der Waals surface area contributed by atoms with Crippen LogP contribution in [0.15, 0.2) is 0 Å². The van der Waals surface area contributed by atoms with Gasteiger partial charge in [-0.15, -0.1) is 11.6 Å². The molecule has 0 N–H and O–H groups in total. The summed E-state index contributed by atoms with van der Waals surface area (Å²) in [6.07, 6.45) is 12.5. The quantitative estimate of drug-likeness (QED) is 0.123. The van der Waals surface area contributed by atoms with Gasteiger partial charge < -0.3 is 9.47 Å². The highest BCUT2D eigenvalue weighted by Crippen LogP contribution is 2.27. The molecule has 0 rings (SSSR count). The molecule has 5 atom stereocenters. The molecular weight excluding hydrogens is 356 g/mol. The number of ether oxygens (including phenoxy) is 2. The molecule has 0 saturated heterocycles. The van der Waals surface area contributed by atoms with Crippen LogP contribution in [0.3, 0.4) is 0 Å². The lowest BCUT2D eigenvalue weighted by molar-refractivity contribution is -0.0561. The minimum Gasteiger partial charge on any atom is -0.355 e. The number of alkyl halides is 1. The maximum atomic E-state index is 6.13. The van der Waals surface area contributed by atoms with Crippen LogP contribution in [0.5, 0.6) is 0 Å². The Bertz CT molecular complexity index is 309. The van der Waals surface area contributed by atoms with Crippen molar-refractivity contribution in [1.82, 2.24) is 0 Å². The highest BCUT2D eigenvalue weighted by molar-refractivity contribution is 6.20. The van der Waals surface area contributed by atoms with Gasteiger partial charge in [0, 0.05) is 18.6 Å². The Morgan fingerprint density at radius 2 is 1.15 bits per heavy atom. The van der Waals surface area contributed by atoms with E-state index in [1.165, 1.54) is 44.9 Å². The van der Waals surface area contributed by atoms with Crippen LogP contribution in [0.1, 0.15) is 106 Å². The van der Waals surface area contributed by atoms with E-state index in [-0.39, 0.29) is 0 Å². The molecule has 0 saturated carbocycles. The monoisotopic (exact) mass is 404 g/mol. The predicted octanol–water partition coefficient (Wildman–Crippen LogP) is 8.07. The summed E-state index contributed by atoms with van der Waals surface area (Å²) in [5, 5.41) is 0.304. The normalized spacial score (nSPS) is 17.4. The van der Waals surface area contributed by atoms with Gasteiger partial charge in [0.1, 0.15) is 6.79 Å². The third-order valence-corrected chi connectivity index (χ3v) is 5.61. The zero-order valence-corrected chi connectivity index (χ0v) is 20.0. The molecule has 0 aliphatic carbocycles. The molecule has 3 heteroatoms. The first kappa shape index (κ1) is 27.2. The minimum atomic E-state index is 0.304. The van der Waals surface area contributed by atoms with Crippen molar-refractivity contribution in [2.45, 2.75) is 111 Å². The van der Waals surface area contributed by atoms with E-state index in [1.54, 1.807) is 0 Å². The summed E-state index contributed by atoms with van der Waals surface area (Å²) in [6.45, 7) is 16.0. The smallest absolute Gasteiger partial charge is 0.146 e. The van der Waals surface area contributed by atoms with Crippen LogP contribution in [0.2, 0.25) is 0 Å². The first-order chi connectivity index (χ1) is 12.8. The zero-order chi connectivity index (χ0) is 20.5. The summed E-state index contributed by atoms with van der Waals surface area (Å²) in [7, 11) is 0. The van der Waals surface area contributed by atoms with Gasteiger partial charge in [-0.2, -0.15) is 0 Å². The largest absolute Gasteiger partial charge is 0.355 e. The average Bonchev–Trinajstić information content (AvgIpc) is 2.55. The number of halogens is 1. The van der Waals surface area contributed by atoms with Gasteiger partial charge in [0.25, 0.3) is 0 Å². The number of unbranched alkanes of at least 4 members (excludes halogenated alkanes) is 3. The van der Waals surface area contributed by atoms with E-state index in [0.29, 0.717) is 12.2 Å². The van der Waals surface area contributed by atoms with E-state index in [1.807, 2.05) is 0 Å². The molecule has 0 radical (unpaired) electrons. The summed E-state index contributed by atoms with van der Waals surface area (Å²) in [5.74, 6) is 3.13. The Morgan fingerprint density at radius 1 is 0.630 bits per heavy atom. The van der Waals surface area contributed by atoms with E-state index in [0.717, 1.165) is 56.1 Å². The third-order valence-electron chi connectivity index (χ3n) is 5.44. The SMILES string of the molecule is CCCCCCOCOCCCC(C)CC(C)CC(C)CC(C)CC(C)Cl. The molecule has 5 unspecified atom stereocenters. The molecule has 164 valence electrons. The Morgan fingerprint density at radius 3 is 1.70 bits per heavy atom. The molecule has 0 spiro atoms. The van der Waals surface area contributed by atoms with Crippen molar-refractivity contribution in [1.29, 1.82) is 0 Å². The van der Waals surface area contributed by atoms with Crippen LogP contribution in [-0.2, 0) is 9.47 Å². The topological polar surface area (TPSA) is 18.5 Å². The van der Waals surface area contributed by atoms with Crippen LogP contribution < -0.4 is 0 Å². The summed E-state index contributed by atoms with van der Waals surface area (Å²) in [5.41, 5.74) is 0. The van der Waals surface area contributed by atoms with Crippen molar-refractivity contribution in [2.75, 3.05) is 20.0 Å². The van der Waals surface area contributed by atoms with Gasteiger partial charge >= 0.3 is 0 Å². The standard InChI is InChI=1S/C24H49ClO2/c1-7-8-9-10-13-26-19-27-14-11-12-20(2)15-21(3)16-22(4)17-23(5)18-24(6)25/h20-24H,7-19H2,1-6H3. The Balaban J connectivity index is 3.58. The average molecular weight is 405 g/mol. The molecule has 0 aromatic carbocycles. The van der Waals surface area contributed by atoms with E-state index in [9.17, 15) is 0 Å². The van der Waals surface area contributed by atoms with Crippen molar-refractivity contribution < 1.29 is 9.47 Å². The van der Waals surface area contributed by atoms with Crippen molar-refractivity contribution in [3.05, 3.63) is 0 Å². The molecule has 0 fully saturated rings. The molecule has 0 aromatic heterocycles. The molecule has 0 aliphatic heterocycles. The van der Waals surface area contributed by atoms with E-state index in [4.69, 9.17) is 21.1 Å². The van der Waals surface area contributed by atoms with Crippen LogP contribution >= 0.6 is 11.6 Å². The second-order valence-electron chi connectivity index (χ2n) is 9.28. The van der Waals surface area contributed by atoms with Gasteiger partial charge in [0.2, 0.25) is 0 Å². The van der Waals surface area contributed by atoms with Gasteiger partial charge in [0.05, 0.1) is 0 Å². The fourth-order valence-electron chi connectivity index (χ4n) is 4.36. The minimum absolute atomic E-state index is 0.304. The van der Waals surface area contributed by atoms with Gasteiger partial charge in [0.15, 0.2) is 0 Å².